The van der Waals surface area contributed by atoms with E-state index in [0.29, 0.717) is 0 Å². The van der Waals surface area contributed by atoms with Crippen LogP contribution in [0.3, 0.4) is 0 Å². The fourth-order valence-corrected chi connectivity index (χ4v) is 2.59. The van der Waals surface area contributed by atoms with Gasteiger partial charge in [0.2, 0.25) is 0 Å². The highest BCUT2D eigenvalue weighted by Gasteiger charge is 2.40. The van der Waals surface area contributed by atoms with Gasteiger partial charge in [-0.25, -0.2) is 0 Å². The number of pyridine rings is 1. The summed E-state index contributed by atoms with van der Waals surface area (Å²) in [5.41, 5.74) is 0.463. The average Bonchev–Trinajstić information content (AvgIpc) is 2.80. The number of rotatable bonds is 3. The van der Waals surface area contributed by atoms with E-state index in [-0.39, 0.29) is 11.2 Å². The molecule has 0 aliphatic heterocycles. The van der Waals surface area contributed by atoms with Crippen molar-refractivity contribution in [2.24, 2.45) is 5.41 Å². The normalized spacial score (nSPS) is 19.5. The van der Waals surface area contributed by atoms with Crippen LogP contribution >= 0.6 is 0 Å². The largest absolute Gasteiger partial charge is 0.297 e. The standard InChI is InChI=1S/C14H16N2O/c1-14(6-2-3-7-14)13(17)12(10-15)11-4-8-16-9-5-11/h4-5,8-9,12H,2-3,6-7H2,1H3. The van der Waals surface area contributed by atoms with Crippen LogP contribution in [0.4, 0.5) is 0 Å². The first-order chi connectivity index (χ1) is 8.17. The minimum Gasteiger partial charge on any atom is -0.297 e. The molecule has 3 heteroatoms. The molecule has 2 rings (SSSR count). The zero-order valence-corrected chi connectivity index (χ0v) is 10.0. The number of carbonyl (C=O) groups is 1. The Morgan fingerprint density at radius 2 is 2.00 bits per heavy atom. The first-order valence-corrected chi connectivity index (χ1v) is 6.01. The highest BCUT2D eigenvalue weighted by Crippen LogP contribution is 2.41. The van der Waals surface area contributed by atoms with Crippen LogP contribution in [0.15, 0.2) is 24.5 Å². The number of Topliss-reactive ketones (excluding diaryl/α,β-unsaturated/α-hetero) is 1. The quantitative estimate of drug-likeness (QED) is 0.799. The summed E-state index contributed by atoms with van der Waals surface area (Å²) < 4.78 is 0. The zero-order valence-electron chi connectivity index (χ0n) is 10.0. The molecule has 0 N–H and O–H groups in total. The van der Waals surface area contributed by atoms with Crippen molar-refractivity contribution in [2.75, 3.05) is 0 Å². The minimum atomic E-state index is -0.638. The van der Waals surface area contributed by atoms with Crippen molar-refractivity contribution in [1.29, 1.82) is 5.26 Å². The van der Waals surface area contributed by atoms with Crippen molar-refractivity contribution in [1.82, 2.24) is 4.98 Å². The summed E-state index contributed by atoms with van der Waals surface area (Å²) in [6, 6.07) is 5.65. The smallest absolute Gasteiger partial charge is 0.160 e. The number of nitriles is 1. The van der Waals surface area contributed by atoms with E-state index in [1.54, 1.807) is 24.5 Å². The molecular weight excluding hydrogens is 212 g/mol. The Kier molecular flexibility index (Phi) is 3.23. The molecule has 0 bridgehead atoms. The van der Waals surface area contributed by atoms with E-state index < -0.39 is 5.92 Å². The minimum absolute atomic E-state index is 0.0729. The van der Waals surface area contributed by atoms with Gasteiger partial charge in [-0.15, -0.1) is 0 Å². The molecule has 1 unspecified atom stereocenters. The molecule has 1 aromatic rings. The molecule has 0 aromatic carbocycles. The van der Waals surface area contributed by atoms with E-state index in [9.17, 15) is 10.1 Å². The third kappa shape index (κ3) is 2.21. The highest BCUT2D eigenvalue weighted by atomic mass is 16.1. The van der Waals surface area contributed by atoms with Gasteiger partial charge in [0.1, 0.15) is 5.92 Å². The molecule has 0 radical (unpaired) electrons. The van der Waals surface area contributed by atoms with E-state index >= 15 is 0 Å². The van der Waals surface area contributed by atoms with Crippen molar-refractivity contribution in [3.8, 4) is 6.07 Å². The molecule has 1 fully saturated rings. The molecule has 0 saturated heterocycles. The number of hydrogen-bond acceptors (Lipinski definition) is 3. The fraction of sp³-hybridized carbons (Fsp3) is 0.500. The molecule has 1 atom stereocenters. The van der Waals surface area contributed by atoms with Crippen LogP contribution in [-0.4, -0.2) is 10.8 Å². The molecular formula is C14H16N2O. The number of nitrogens with zero attached hydrogens (tertiary/aromatic N) is 2. The molecule has 1 saturated carbocycles. The summed E-state index contributed by atoms with van der Waals surface area (Å²) in [7, 11) is 0. The fourth-order valence-electron chi connectivity index (χ4n) is 2.59. The summed E-state index contributed by atoms with van der Waals surface area (Å²) in [4.78, 5) is 16.4. The van der Waals surface area contributed by atoms with Gasteiger partial charge in [-0.05, 0) is 30.5 Å². The lowest BCUT2D eigenvalue weighted by molar-refractivity contribution is -0.128. The lowest BCUT2D eigenvalue weighted by Gasteiger charge is -2.24. The Labute approximate surface area is 101 Å². The Balaban J connectivity index is 2.26. The highest BCUT2D eigenvalue weighted by molar-refractivity contribution is 5.93. The first-order valence-electron chi connectivity index (χ1n) is 6.01. The van der Waals surface area contributed by atoms with Gasteiger partial charge in [-0.1, -0.05) is 19.8 Å². The van der Waals surface area contributed by atoms with Crippen LogP contribution < -0.4 is 0 Å². The second-order valence-electron chi connectivity index (χ2n) is 4.97. The number of carbonyl (C=O) groups excluding carboxylic acids is 1. The number of ketones is 1. The van der Waals surface area contributed by atoms with Crippen LogP contribution in [-0.2, 0) is 4.79 Å². The van der Waals surface area contributed by atoms with Gasteiger partial charge in [0.15, 0.2) is 5.78 Å². The van der Waals surface area contributed by atoms with Crippen molar-refractivity contribution in [3.05, 3.63) is 30.1 Å². The summed E-state index contributed by atoms with van der Waals surface area (Å²) in [6.07, 6.45) is 7.27. The molecule has 88 valence electrons. The van der Waals surface area contributed by atoms with Gasteiger partial charge in [-0.2, -0.15) is 5.26 Å². The maximum absolute atomic E-state index is 12.5. The summed E-state index contributed by atoms with van der Waals surface area (Å²) >= 11 is 0. The summed E-state index contributed by atoms with van der Waals surface area (Å²) in [5.74, 6) is -0.565. The molecule has 1 aromatic heterocycles. The van der Waals surface area contributed by atoms with Crippen LogP contribution in [0.2, 0.25) is 0 Å². The van der Waals surface area contributed by atoms with Crippen LogP contribution in [0.1, 0.15) is 44.1 Å². The van der Waals surface area contributed by atoms with Crippen LogP contribution in [0.25, 0.3) is 0 Å². The van der Waals surface area contributed by atoms with Gasteiger partial charge >= 0.3 is 0 Å². The molecule has 1 heterocycles. The topological polar surface area (TPSA) is 53.8 Å². The molecule has 17 heavy (non-hydrogen) atoms. The third-order valence-electron chi connectivity index (χ3n) is 3.73. The second kappa shape index (κ2) is 4.67. The van der Waals surface area contributed by atoms with Crippen LogP contribution in [0, 0.1) is 16.7 Å². The van der Waals surface area contributed by atoms with Gasteiger partial charge < -0.3 is 0 Å². The van der Waals surface area contributed by atoms with Gasteiger partial charge in [0.05, 0.1) is 6.07 Å². The van der Waals surface area contributed by atoms with E-state index in [1.807, 2.05) is 6.92 Å². The Bertz CT molecular complexity index is 441. The lowest BCUT2D eigenvalue weighted by Crippen LogP contribution is -2.29. The molecule has 3 nitrogen and oxygen atoms in total. The maximum Gasteiger partial charge on any atom is 0.160 e. The van der Waals surface area contributed by atoms with E-state index in [1.165, 1.54) is 0 Å². The molecule has 0 amide bonds. The summed E-state index contributed by atoms with van der Waals surface area (Å²) in [5, 5.41) is 9.23. The molecule has 0 spiro atoms. The van der Waals surface area contributed by atoms with Gasteiger partial charge in [0, 0.05) is 17.8 Å². The number of aromatic nitrogens is 1. The van der Waals surface area contributed by atoms with E-state index in [4.69, 9.17) is 0 Å². The van der Waals surface area contributed by atoms with Gasteiger partial charge in [0.25, 0.3) is 0 Å². The van der Waals surface area contributed by atoms with E-state index in [0.717, 1.165) is 31.2 Å². The van der Waals surface area contributed by atoms with Crippen molar-refractivity contribution in [3.63, 3.8) is 0 Å². The zero-order chi connectivity index (χ0) is 12.3. The monoisotopic (exact) mass is 228 g/mol. The van der Waals surface area contributed by atoms with Crippen molar-refractivity contribution >= 4 is 5.78 Å². The lowest BCUT2D eigenvalue weighted by atomic mass is 9.76. The first kappa shape index (κ1) is 11.8. The Morgan fingerprint density at radius 3 is 2.53 bits per heavy atom. The average molecular weight is 228 g/mol. The molecule has 1 aliphatic rings. The second-order valence-corrected chi connectivity index (χ2v) is 4.97. The molecule has 1 aliphatic carbocycles. The van der Waals surface area contributed by atoms with Crippen molar-refractivity contribution < 1.29 is 4.79 Å². The SMILES string of the molecule is CC1(C(=O)C(C#N)c2ccncc2)CCCC1. The van der Waals surface area contributed by atoms with Crippen LogP contribution in [0.5, 0.6) is 0 Å². The number of hydrogen-bond donors (Lipinski definition) is 0. The maximum atomic E-state index is 12.5. The van der Waals surface area contributed by atoms with E-state index in [2.05, 4.69) is 11.1 Å². The van der Waals surface area contributed by atoms with Gasteiger partial charge in [-0.3, -0.25) is 9.78 Å². The Hall–Kier alpha value is -1.69. The Morgan fingerprint density at radius 1 is 1.41 bits per heavy atom. The predicted octanol–water partition coefficient (Wildman–Crippen LogP) is 2.84. The summed E-state index contributed by atoms with van der Waals surface area (Å²) in [6.45, 7) is 1.99. The predicted molar refractivity (Wildman–Crippen MR) is 64.2 cm³/mol. The van der Waals surface area contributed by atoms with Crippen molar-refractivity contribution in [2.45, 2.75) is 38.5 Å². The third-order valence-corrected chi connectivity index (χ3v) is 3.73.